The largest absolute Gasteiger partial charge is 0.369 e. The Labute approximate surface area is 186 Å². The lowest BCUT2D eigenvalue weighted by molar-refractivity contribution is -0.122. The fraction of sp³-hybridized carbons (Fsp3) is 0.263. The molecule has 0 unspecified atom stereocenters. The Morgan fingerprint density at radius 2 is 2.00 bits per heavy atom. The lowest BCUT2D eigenvalue weighted by atomic mass is 9.96. The molecular weight excluding hydrogens is 460 g/mol. The van der Waals surface area contributed by atoms with Gasteiger partial charge in [-0.25, -0.2) is 13.4 Å². The van der Waals surface area contributed by atoms with Crippen molar-refractivity contribution < 1.29 is 13.2 Å². The van der Waals surface area contributed by atoms with Gasteiger partial charge in [-0.3, -0.25) is 4.79 Å². The third-order valence-corrected chi connectivity index (χ3v) is 8.24. The number of aromatic nitrogens is 4. The van der Waals surface area contributed by atoms with Gasteiger partial charge in [0.25, 0.3) is 0 Å². The molecule has 0 radical (unpaired) electrons. The van der Waals surface area contributed by atoms with Crippen molar-refractivity contribution in [1.82, 2.24) is 19.8 Å². The Kier molecular flexibility index (Phi) is 4.83. The topological polar surface area (TPSA) is 124 Å². The number of anilines is 1. The molecule has 0 spiro atoms. The van der Waals surface area contributed by atoms with Crippen molar-refractivity contribution in [1.29, 1.82) is 0 Å². The number of fused-ring (bicyclic) bond motifs is 3. The summed E-state index contributed by atoms with van der Waals surface area (Å²) < 4.78 is 28.9. The maximum Gasteiger partial charge on any atom is 0.229 e. The number of carbonyl (C=O) groups excluding carboxylic acids is 1. The number of nitrogens with zero attached hydrogens (tertiary/aromatic N) is 5. The molecule has 9 nitrogen and oxygen atoms in total. The molecule has 160 valence electrons. The standard InChI is InChI=1S/C19H17ClN6O3S2/c20-12-2-1-3-13(10-12)31(28,29)19-18-22-17(25-7-4-11(5-8-25)16(21)27)15-14(6-9-30-15)26(18)24-23-19/h1-3,6,9-11H,4-5,7-8H2,(H2,21,27). The molecule has 4 heterocycles. The second-order valence-corrected chi connectivity index (χ2v) is 10.5. The fourth-order valence-corrected chi connectivity index (χ4v) is 6.24. The van der Waals surface area contributed by atoms with Crippen molar-refractivity contribution in [3.8, 4) is 0 Å². The van der Waals surface area contributed by atoms with Crippen molar-refractivity contribution in [3.05, 3.63) is 40.7 Å². The van der Waals surface area contributed by atoms with E-state index in [0.717, 1.165) is 10.2 Å². The van der Waals surface area contributed by atoms with Gasteiger partial charge in [0.1, 0.15) is 0 Å². The summed E-state index contributed by atoms with van der Waals surface area (Å²) in [7, 11) is -3.98. The summed E-state index contributed by atoms with van der Waals surface area (Å²) in [5.74, 6) is 0.207. The molecular formula is C19H17ClN6O3S2. The number of thiophene rings is 1. The molecule has 0 saturated carbocycles. The smallest absolute Gasteiger partial charge is 0.229 e. The highest BCUT2D eigenvalue weighted by Crippen LogP contribution is 2.35. The molecule has 4 aromatic rings. The third-order valence-electron chi connectivity index (χ3n) is 5.46. The van der Waals surface area contributed by atoms with Crippen LogP contribution in [-0.2, 0) is 14.6 Å². The van der Waals surface area contributed by atoms with Crippen LogP contribution in [0.1, 0.15) is 12.8 Å². The van der Waals surface area contributed by atoms with Crippen LogP contribution in [-0.4, -0.2) is 47.2 Å². The van der Waals surface area contributed by atoms with E-state index in [-0.39, 0.29) is 27.4 Å². The molecule has 31 heavy (non-hydrogen) atoms. The van der Waals surface area contributed by atoms with Crippen molar-refractivity contribution in [2.24, 2.45) is 11.7 Å². The van der Waals surface area contributed by atoms with E-state index in [0.29, 0.717) is 36.8 Å². The Bertz CT molecular complexity index is 1420. The van der Waals surface area contributed by atoms with Crippen LogP contribution >= 0.6 is 22.9 Å². The molecule has 1 aliphatic heterocycles. The summed E-state index contributed by atoms with van der Waals surface area (Å²) in [6.45, 7) is 1.20. The van der Waals surface area contributed by atoms with Crippen molar-refractivity contribution >= 4 is 60.4 Å². The molecule has 0 atom stereocenters. The summed E-state index contributed by atoms with van der Waals surface area (Å²) in [5.41, 5.74) is 6.33. The second-order valence-electron chi connectivity index (χ2n) is 7.32. The number of hydrogen-bond donors (Lipinski definition) is 1. The molecule has 3 aromatic heterocycles. The number of halogens is 1. The van der Waals surface area contributed by atoms with Gasteiger partial charge in [-0.2, -0.15) is 4.52 Å². The monoisotopic (exact) mass is 476 g/mol. The van der Waals surface area contributed by atoms with Crippen LogP contribution in [0.3, 0.4) is 0 Å². The van der Waals surface area contributed by atoms with Crippen LogP contribution in [0.2, 0.25) is 5.02 Å². The van der Waals surface area contributed by atoms with Gasteiger partial charge >= 0.3 is 0 Å². The number of sulfone groups is 1. The zero-order valence-electron chi connectivity index (χ0n) is 16.1. The Morgan fingerprint density at radius 1 is 1.23 bits per heavy atom. The molecule has 2 N–H and O–H groups in total. The SMILES string of the molecule is NC(=O)C1CCN(c2nc3c(S(=O)(=O)c4cccc(Cl)c4)nnn3c3ccsc23)CC1. The minimum absolute atomic E-state index is 0.0263. The van der Waals surface area contributed by atoms with E-state index in [9.17, 15) is 13.2 Å². The van der Waals surface area contributed by atoms with Gasteiger partial charge in [0.15, 0.2) is 11.5 Å². The highest BCUT2D eigenvalue weighted by atomic mass is 35.5. The van der Waals surface area contributed by atoms with Gasteiger partial charge in [-0.1, -0.05) is 22.9 Å². The molecule has 1 aromatic carbocycles. The number of rotatable bonds is 4. The van der Waals surface area contributed by atoms with Gasteiger partial charge in [0.05, 0.1) is 15.1 Å². The lowest BCUT2D eigenvalue weighted by Crippen LogP contribution is -2.39. The number of amides is 1. The summed E-state index contributed by atoms with van der Waals surface area (Å²) >= 11 is 7.49. The van der Waals surface area contributed by atoms with Gasteiger partial charge in [0.2, 0.25) is 20.8 Å². The Balaban J connectivity index is 1.65. The van der Waals surface area contributed by atoms with E-state index in [4.69, 9.17) is 17.3 Å². The van der Waals surface area contributed by atoms with Crippen molar-refractivity contribution in [2.45, 2.75) is 22.8 Å². The summed E-state index contributed by atoms with van der Waals surface area (Å²) in [6, 6.07) is 7.87. The molecule has 0 bridgehead atoms. The second kappa shape index (κ2) is 7.43. The van der Waals surface area contributed by atoms with Gasteiger partial charge < -0.3 is 10.6 Å². The van der Waals surface area contributed by atoms with Gasteiger partial charge in [-0.15, -0.1) is 16.4 Å². The first-order valence-corrected chi connectivity index (χ1v) is 12.3. The quantitative estimate of drug-likeness (QED) is 0.480. The number of nitrogens with two attached hydrogens (primary N) is 1. The zero-order chi connectivity index (χ0) is 21.8. The molecule has 1 fully saturated rings. The number of carbonyl (C=O) groups is 1. The summed E-state index contributed by atoms with van der Waals surface area (Å²) in [6.07, 6.45) is 1.25. The van der Waals surface area contributed by atoms with E-state index >= 15 is 0 Å². The van der Waals surface area contributed by atoms with Crippen molar-refractivity contribution in [3.63, 3.8) is 0 Å². The van der Waals surface area contributed by atoms with Crippen LogP contribution in [0.25, 0.3) is 15.9 Å². The third kappa shape index (κ3) is 3.33. The molecule has 12 heteroatoms. The number of hydrogen-bond acceptors (Lipinski definition) is 8. The number of benzene rings is 1. The predicted octanol–water partition coefficient (Wildman–Crippen LogP) is 2.53. The summed E-state index contributed by atoms with van der Waals surface area (Å²) in [5, 5.41) is 10.0. The van der Waals surface area contributed by atoms with Crippen LogP contribution in [0.4, 0.5) is 5.82 Å². The first-order chi connectivity index (χ1) is 14.9. The molecule has 1 aliphatic rings. The van der Waals surface area contributed by atoms with E-state index in [2.05, 4.69) is 20.2 Å². The van der Waals surface area contributed by atoms with E-state index in [1.807, 2.05) is 11.4 Å². The van der Waals surface area contributed by atoms with Crippen molar-refractivity contribution in [2.75, 3.05) is 18.0 Å². The Hall–Kier alpha value is -2.76. The van der Waals surface area contributed by atoms with E-state index in [1.54, 1.807) is 12.1 Å². The zero-order valence-corrected chi connectivity index (χ0v) is 18.5. The lowest BCUT2D eigenvalue weighted by Gasteiger charge is -2.31. The van der Waals surface area contributed by atoms with Gasteiger partial charge in [-0.05, 0) is 42.5 Å². The maximum atomic E-state index is 13.3. The highest BCUT2D eigenvalue weighted by Gasteiger charge is 2.30. The first-order valence-electron chi connectivity index (χ1n) is 9.54. The molecule has 1 amide bonds. The van der Waals surface area contributed by atoms with Crippen LogP contribution in [0, 0.1) is 5.92 Å². The van der Waals surface area contributed by atoms with Crippen LogP contribution < -0.4 is 10.6 Å². The Morgan fingerprint density at radius 3 is 2.71 bits per heavy atom. The minimum atomic E-state index is -3.98. The summed E-state index contributed by atoms with van der Waals surface area (Å²) in [4.78, 5) is 18.3. The maximum absolute atomic E-state index is 13.3. The highest BCUT2D eigenvalue weighted by molar-refractivity contribution is 7.91. The average Bonchev–Trinajstić information content (AvgIpc) is 3.40. The first kappa shape index (κ1) is 20.2. The molecule has 0 aliphatic carbocycles. The predicted molar refractivity (Wildman–Crippen MR) is 117 cm³/mol. The average molecular weight is 477 g/mol. The van der Waals surface area contributed by atoms with Crippen LogP contribution in [0.15, 0.2) is 45.6 Å². The van der Waals surface area contributed by atoms with Crippen LogP contribution in [0.5, 0.6) is 0 Å². The number of primary amides is 1. The van der Waals surface area contributed by atoms with Gasteiger partial charge in [0, 0.05) is 24.0 Å². The minimum Gasteiger partial charge on any atom is -0.369 e. The molecule has 1 saturated heterocycles. The fourth-order valence-electron chi connectivity index (χ4n) is 3.82. The normalized spacial score (nSPS) is 15.7. The van der Waals surface area contributed by atoms with E-state index < -0.39 is 9.84 Å². The van der Waals surface area contributed by atoms with E-state index in [1.165, 1.54) is 28.0 Å². The number of piperidine rings is 1. The molecule has 5 rings (SSSR count).